The van der Waals surface area contributed by atoms with Gasteiger partial charge in [0.15, 0.2) is 9.84 Å². The molecule has 20 heavy (non-hydrogen) atoms. The van der Waals surface area contributed by atoms with E-state index in [4.69, 9.17) is 5.26 Å². The monoisotopic (exact) mass is 304 g/mol. The number of anilines is 1. The smallest absolute Gasteiger partial charge is 0.381 e. The largest absolute Gasteiger partial charge is 0.418 e. The van der Waals surface area contributed by atoms with Gasteiger partial charge in [0.1, 0.15) is 0 Å². The van der Waals surface area contributed by atoms with Crippen molar-refractivity contribution in [3.05, 3.63) is 29.3 Å². The Balaban J connectivity index is 2.32. The molecule has 0 aromatic heterocycles. The highest BCUT2D eigenvalue weighted by Gasteiger charge is 2.35. The maximum Gasteiger partial charge on any atom is 0.418 e. The van der Waals surface area contributed by atoms with Crippen molar-refractivity contribution in [1.29, 1.82) is 5.26 Å². The minimum atomic E-state index is -4.56. The number of alkyl halides is 3. The summed E-state index contributed by atoms with van der Waals surface area (Å²) in [5, 5.41) is 11.3. The van der Waals surface area contributed by atoms with Crippen LogP contribution in [0.1, 0.15) is 17.5 Å². The van der Waals surface area contributed by atoms with Crippen molar-refractivity contribution < 1.29 is 21.6 Å². The Morgan fingerprint density at radius 3 is 2.55 bits per heavy atom. The van der Waals surface area contributed by atoms with E-state index >= 15 is 0 Å². The molecule has 1 saturated heterocycles. The number of nitriles is 1. The normalized spacial score (nSPS) is 21.4. The van der Waals surface area contributed by atoms with E-state index in [1.165, 1.54) is 0 Å². The lowest BCUT2D eigenvalue weighted by Gasteiger charge is -2.18. The Hall–Kier alpha value is -1.75. The molecular formula is C12H11F3N2O2S. The van der Waals surface area contributed by atoms with Crippen LogP contribution < -0.4 is 5.32 Å². The Labute approximate surface area is 114 Å². The molecule has 1 aromatic rings. The van der Waals surface area contributed by atoms with Gasteiger partial charge in [0.25, 0.3) is 0 Å². The molecular weight excluding hydrogens is 293 g/mol. The first-order chi connectivity index (χ1) is 9.21. The summed E-state index contributed by atoms with van der Waals surface area (Å²) in [5.74, 6) is -0.231. The molecule has 0 aliphatic carbocycles. The fourth-order valence-corrected chi connectivity index (χ4v) is 3.78. The number of hydrogen-bond donors (Lipinski definition) is 1. The second-order valence-corrected chi connectivity index (χ2v) is 6.84. The molecule has 4 nitrogen and oxygen atoms in total. The van der Waals surface area contributed by atoms with Crippen LogP contribution in [0.15, 0.2) is 18.2 Å². The van der Waals surface area contributed by atoms with Crippen molar-refractivity contribution in [2.24, 2.45) is 0 Å². The summed E-state index contributed by atoms with van der Waals surface area (Å²) in [6.07, 6.45) is -4.30. The van der Waals surface area contributed by atoms with E-state index in [9.17, 15) is 21.6 Å². The van der Waals surface area contributed by atoms with Crippen LogP contribution in [0.2, 0.25) is 0 Å². The standard InChI is InChI=1S/C12H11F3N2O2S/c13-12(14,15)10-2-1-8(6-16)5-11(10)17-9-3-4-20(18,19)7-9/h1-2,5,9,17H,3-4,7H2. The quantitative estimate of drug-likeness (QED) is 0.909. The third-order valence-electron chi connectivity index (χ3n) is 3.05. The summed E-state index contributed by atoms with van der Waals surface area (Å²) in [7, 11) is -3.19. The van der Waals surface area contributed by atoms with Crippen molar-refractivity contribution in [3.63, 3.8) is 0 Å². The maximum absolute atomic E-state index is 12.9. The minimum absolute atomic E-state index is 0.0377. The van der Waals surface area contributed by atoms with Crippen LogP contribution in [0, 0.1) is 11.3 Å². The zero-order valence-corrected chi connectivity index (χ0v) is 11.1. The van der Waals surface area contributed by atoms with Gasteiger partial charge >= 0.3 is 6.18 Å². The molecule has 1 fully saturated rings. The first-order valence-corrected chi connectivity index (χ1v) is 7.62. The summed E-state index contributed by atoms with van der Waals surface area (Å²) in [4.78, 5) is 0. The molecule has 0 amide bonds. The van der Waals surface area contributed by atoms with Gasteiger partial charge in [0.05, 0.1) is 28.7 Å². The van der Waals surface area contributed by atoms with Gasteiger partial charge in [-0.3, -0.25) is 0 Å². The second kappa shape index (κ2) is 4.98. The van der Waals surface area contributed by atoms with Gasteiger partial charge in [-0.15, -0.1) is 0 Å². The van der Waals surface area contributed by atoms with Crippen LogP contribution in [0.5, 0.6) is 0 Å². The van der Waals surface area contributed by atoms with Crippen molar-refractivity contribution in [2.75, 3.05) is 16.8 Å². The summed E-state index contributed by atoms with van der Waals surface area (Å²) < 4.78 is 61.2. The van der Waals surface area contributed by atoms with Gasteiger partial charge in [-0.25, -0.2) is 8.42 Å². The summed E-state index contributed by atoms with van der Waals surface area (Å²) in [5.41, 5.74) is -1.07. The number of halogens is 3. The molecule has 0 bridgehead atoms. The highest BCUT2D eigenvalue weighted by atomic mass is 32.2. The predicted molar refractivity (Wildman–Crippen MR) is 66.8 cm³/mol. The fourth-order valence-electron chi connectivity index (χ4n) is 2.11. The van der Waals surface area contributed by atoms with Crippen LogP contribution in [-0.4, -0.2) is 26.0 Å². The molecule has 1 atom stereocenters. The van der Waals surface area contributed by atoms with E-state index in [2.05, 4.69) is 5.32 Å². The number of benzene rings is 1. The van der Waals surface area contributed by atoms with Crippen molar-refractivity contribution >= 4 is 15.5 Å². The third-order valence-corrected chi connectivity index (χ3v) is 4.81. The lowest BCUT2D eigenvalue weighted by atomic mass is 10.1. The van der Waals surface area contributed by atoms with Gasteiger partial charge in [-0.2, -0.15) is 18.4 Å². The molecule has 1 aliphatic rings. The molecule has 0 spiro atoms. The number of nitrogens with zero attached hydrogens (tertiary/aromatic N) is 1. The molecule has 0 radical (unpaired) electrons. The molecule has 1 N–H and O–H groups in total. The molecule has 1 aliphatic heterocycles. The van der Waals surface area contributed by atoms with E-state index in [-0.39, 0.29) is 29.2 Å². The maximum atomic E-state index is 12.9. The zero-order chi connectivity index (χ0) is 15.0. The van der Waals surface area contributed by atoms with Gasteiger partial charge in [0, 0.05) is 11.7 Å². The number of sulfone groups is 1. The lowest BCUT2D eigenvalue weighted by Crippen LogP contribution is -2.23. The van der Waals surface area contributed by atoms with Gasteiger partial charge in [-0.05, 0) is 24.6 Å². The van der Waals surface area contributed by atoms with E-state index in [0.717, 1.165) is 18.2 Å². The zero-order valence-electron chi connectivity index (χ0n) is 10.2. The molecule has 1 unspecified atom stereocenters. The summed E-state index contributed by atoms with van der Waals surface area (Å²) in [6, 6.07) is 4.20. The lowest BCUT2D eigenvalue weighted by molar-refractivity contribution is -0.137. The Bertz CT molecular complexity index is 662. The molecule has 1 heterocycles. The SMILES string of the molecule is N#Cc1ccc(C(F)(F)F)c(NC2CCS(=O)(=O)C2)c1. The average molecular weight is 304 g/mol. The average Bonchev–Trinajstić information content (AvgIpc) is 2.67. The van der Waals surface area contributed by atoms with Gasteiger partial charge in [-0.1, -0.05) is 0 Å². The van der Waals surface area contributed by atoms with E-state index < -0.39 is 27.6 Å². The van der Waals surface area contributed by atoms with Crippen LogP contribution in [0.4, 0.5) is 18.9 Å². The fraction of sp³-hybridized carbons (Fsp3) is 0.417. The Kier molecular flexibility index (Phi) is 3.65. The van der Waals surface area contributed by atoms with E-state index in [1.54, 1.807) is 6.07 Å². The molecule has 2 rings (SSSR count). The summed E-state index contributed by atoms with van der Waals surface area (Å²) in [6.45, 7) is 0. The van der Waals surface area contributed by atoms with Gasteiger partial charge < -0.3 is 5.32 Å². The summed E-state index contributed by atoms with van der Waals surface area (Å²) >= 11 is 0. The minimum Gasteiger partial charge on any atom is -0.381 e. The van der Waals surface area contributed by atoms with Crippen LogP contribution in [-0.2, 0) is 16.0 Å². The molecule has 1 aromatic carbocycles. The Morgan fingerprint density at radius 2 is 2.05 bits per heavy atom. The van der Waals surface area contributed by atoms with Crippen molar-refractivity contribution in [2.45, 2.75) is 18.6 Å². The topological polar surface area (TPSA) is 70.0 Å². The van der Waals surface area contributed by atoms with Gasteiger partial charge in [0.2, 0.25) is 0 Å². The number of rotatable bonds is 2. The molecule has 8 heteroatoms. The number of hydrogen-bond acceptors (Lipinski definition) is 4. The first-order valence-electron chi connectivity index (χ1n) is 5.79. The van der Waals surface area contributed by atoms with Crippen molar-refractivity contribution in [3.8, 4) is 6.07 Å². The third kappa shape index (κ3) is 3.22. The highest BCUT2D eigenvalue weighted by molar-refractivity contribution is 7.91. The van der Waals surface area contributed by atoms with Crippen LogP contribution in [0.25, 0.3) is 0 Å². The second-order valence-electron chi connectivity index (χ2n) is 4.61. The van der Waals surface area contributed by atoms with Crippen molar-refractivity contribution in [1.82, 2.24) is 0 Å². The van der Waals surface area contributed by atoms with Crippen LogP contribution >= 0.6 is 0 Å². The van der Waals surface area contributed by atoms with Crippen LogP contribution in [0.3, 0.4) is 0 Å². The molecule has 108 valence electrons. The molecule has 0 saturated carbocycles. The highest BCUT2D eigenvalue weighted by Crippen LogP contribution is 2.36. The van der Waals surface area contributed by atoms with E-state index in [0.29, 0.717) is 0 Å². The van der Waals surface area contributed by atoms with E-state index in [1.807, 2.05) is 0 Å². The number of nitrogens with one attached hydrogen (secondary N) is 1. The first kappa shape index (κ1) is 14.7. The Morgan fingerprint density at radius 1 is 1.35 bits per heavy atom. The predicted octanol–water partition coefficient (Wildman–Crippen LogP) is 2.18.